The van der Waals surface area contributed by atoms with Gasteiger partial charge in [-0.15, -0.1) is 0 Å². The molecule has 1 fully saturated rings. The molecule has 1 aliphatic rings. The number of nitrogens with one attached hydrogen (secondary N) is 1. The molecule has 1 aromatic carbocycles. The third-order valence-corrected chi connectivity index (χ3v) is 11.5. The summed E-state index contributed by atoms with van der Waals surface area (Å²) in [6.07, 6.45) is 4.44. The zero-order valence-electron chi connectivity index (χ0n) is 19.6. The van der Waals surface area contributed by atoms with Gasteiger partial charge in [0.1, 0.15) is 12.0 Å². The van der Waals surface area contributed by atoms with Crippen LogP contribution in [0.2, 0.25) is 23.2 Å². The lowest BCUT2D eigenvalue weighted by Gasteiger charge is -2.36. The number of benzene rings is 1. The molecule has 33 heavy (non-hydrogen) atoms. The Hall–Kier alpha value is -2.35. The van der Waals surface area contributed by atoms with Crippen molar-refractivity contribution in [3.05, 3.63) is 53.4 Å². The molecule has 0 unspecified atom stereocenters. The Balaban J connectivity index is 1.65. The predicted octanol–water partition coefficient (Wildman–Crippen LogP) is 6.77. The lowest BCUT2D eigenvalue weighted by Crippen LogP contribution is -2.40. The van der Waals surface area contributed by atoms with E-state index in [4.69, 9.17) is 16.0 Å². The van der Waals surface area contributed by atoms with E-state index in [1.807, 2.05) is 24.4 Å². The molecule has 1 amide bonds. The van der Waals surface area contributed by atoms with Crippen LogP contribution >= 0.6 is 11.6 Å². The highest BCUT2D eigenvalue weighted by Gasteiger charge is 2.43. The Morgan fingerprint density at radius 2 is 2.00 bits per heavy atom. The van der Waals surface area contributed by atoms with Crippen molar-refractivity contribution in [1.82, 2.24) is 9.97 Å². The van der Waals surface area contributed by atoms with Crippen LogP contribution in [-0.4, -0.2) is 30.4 Å². The maximum absolute atomic E-state index is 13.2. The van der Waals surface area contributed by atoms with E-state index >= 15 is 0 Å². The van der Waals surface area contributed by atoms with Crippen LogP contribution in [0.5, 0.6) is 0 Å². The number of rotatable bonds is 6. The van der Waals surface area contributed by atoms with Gasteiger partial charge >= 0.3 is 0 Å². The zero-order chi connectivity index (χ0) is 24.0. The Morgan fingerprint density at radius 3 is 2.67 bits per heavy atom. The van der Waals surface area contributed by atoms with Crippen LogP contribution in [0.3, 0.4) is 0 Å². The maximum atomic E-state index is 13.2. The van der Waals surface area contributed by atoms with Crippen LogP contribution in [0.15, 0.2) is 42.9 Å². The number of hydrogen-bond donors (Lipinski definition) is 1. The van der Waals surface area contributed by atoms with E-state index in [-0.39, 0.29) is 17.4 Å². The van der Waals surface area contributed by atoms with E-state index in [1.165, 1.54) is 0 Å². The van der Waals surface area contributed by atoms with Crippen LogP contribution in [-0.2, 0) is 15.8 Å². The number of fused-ring (bicyclic) bond motifs is 1. The molecule has 0 bridgehead atoms. The van der Waals surface area contributed by atoms with Gasteiger partial charge in [0.15, 0.2) is 8.32 Å². The number of pyridine rings is 2. The van der Waals surface area contributed by atoms with Crippen molar-refractivity contribution in [3.8, 4) is 11.1 Å². The van der Waals surface area contributed by atoms with Crippen LogP contribution < -0.4 is 5.32 Å². The number of aromatic nitrogens is 2. The number of alkyl halides is 1. The number of amides is 1. The Bertz CT molecular complexity index is 1210. The normalized spacial score (nSPS) is 18.4. The molecule has 2 atom stereocenters. The summed E-state index contributed by atoms with van der Waals surface area (Å²) < 4.78 is 19.7. The lowest BCUT2D eigenvalue weighted by atomic mass is 10.00. The van der Waals surface area contributed by atoms with Crippen molar-refractivity contribution in [1.29, 1.82) is 0 Å². The molecular formula is C25H29ClFN3O2Si. The van der Waals surface area contributed by atoms with Gasteiger partial charge < -0.3 is 9.74 Å². The largest absolute Gasteiger partial charge is 0.413 e. The predicted molar refractivity (Wildman–Crippen MR) is 134 cm³/mol. The zero-order valence-corrected chi connectivity index (χ0v) is 21.3. The molecule has 5 nitrogen and oxygen atoms in total. The molecule has 4 rings (SSSR count). The second-order valence-electron chi connectivity index (χ2n) is 10.2. The van der Waals surface area contributed by atoms with Gasteiger partial charge in [0.25, 0.3) is 0 Å². The minimum atomic E-state index is -1.92. The van der Waals surface area contributed by atoms with E-state index < -0.39 is 20.4 Å². The summed E-state index contributed by atoms with van der Waals surface area (Å²) in [4.78, 5) is 20.7. The third kappa shape index (κ3) is 5.10. The molecule has 2 aromatic heterocycles. The highest BCUT2D eigenvalue weighted by molar-refractivity contribution is 6.74. The van der Waals surface area contributed by atoms with Crippen molar-refractivity contribution >= 4 is 42.4 Å². The number of anilines is 1. The number of carbonyl (C=O) groups is 1. The smallest absolute Gasteiger partial charge is 0.231 e. The van der Waals surface area contributed by atoms with Crippen molar-refractivity contribution < 1.29 is 13.6 Å². The van der Waals surface area contributed by atoms with Gasteiger partial charge in [-0.25, -0.2) is 9.37 Å². The fraction of sp³-hybridized carbons (Fsp3) is 0.400. The van der Waals surface area contributed by atoms with Gasteiger partial charge in [0.05, 0.1) is 17.5 Å². The van der Waals surface area contributed by atoms with E-state index in [0.29, 0.717) is 17.4 Å². The van der Waals surface area contributed by atoms with E-state index in [9.17, 15) is 9.18 Å². The van der Waals surface area contributed by atoms with Crippen LogP contribution in [0.25, 0.3) is 21.9 Å². The fourth-order valence-corrected chi connectivity index (χ4v) is 4.60. The average Bonchev–Trinajstić information content (AvgIpc) is 3.48. The van der Waals surface area contributed by atoms with Gasteiger partial charge in [-0.3, -0.25) is 9.78 Å². The summed E-state index contributed by atoms with van der Waals surface area (Å²) in [5.41, 5.74) is 2.89. The van der Waals surface area contributed by atoms with Crippen molar-refractivity contribution in [2.24, 2.45) is 5.92 Å². The number of halogens is 2. The summed E-state index contributed by atoms with van der Waals surface area (Å²) in [5.74, 6) is -0.530. The average molecular weight is 486 g/mol. The first kappa shape index (κ1) is 23.8. The van der Waals surface area contributed by atoms with Crippen LogP contribution in [0.1, 0.15) is 32.8 Å². The molecule has 0 radical (unpaired) electrons. The molecule has 0 spiro atoms. The van der Waals surface area contributed by atoms with Gasteiger partial charge in [-0.2, -0.15) is 0 Å². The van der Waals surface area contributed by atoms with E-state index in [1.54, 1.807) is 18.5 Å². The second-order valence-corrected chi connectivity index (χ2v) is 15.4. The van der Waals surface area contributed by atoms with Crippen molar-refractivity contribution in [2.45, 2.75) is 58.1 Å². The molecule has 2 heterocycles. The molecule has 174 valence electrons. The van der Waals surface area contributed by atoms with Gasteiger partial charge in [0, 0.05) is 29.5 Å². The summed E-state index contributed by atoms with van der Waals surface area (Å²) in [6.45, 7) is 11.6. The topological polar surface area (TPSA) is 64.1 Å². The Kier molecular flexibility index (Phi) is 6.33. The summed E-state index contributed by atoms with van der Waals surface area (Å²) in [6, 6.07) is 7.64. The molecule has 1 aliphatic carbocycles. The van der Waals surface area contributed by atoms with E-state index in [0.717, 1.165) is 27.5 Å². The lowest BCUT2D eigenvalue weighted by molar-refractivity contribution is -0.117. The van der Waals surface area contributed by atoms with Crippen molar-refractivity contribution in [3.63, 3.8) is 0 Å². The SMILES string of the molecule is CC(C)(C)[Si](C)(C)OCc1ccncc1-c1cc(Cl)c2cnc(NC(=O)[C@@H]3C[C@@H]3F)cc2c1. The van der Waals surface area contributed by atoms with Gasteiger partial charge in [-0.1, -0.05) is 32.4 Å². The minimum absolute atomic E-state index is 0.114. The summed E-state index contributed by atoms with van der Waals surface area (Å²) in [5, 5.41) is 4.98. The minimum Gasteiger partial charge on any atom is -0.413 e. The molecule has 0 saturated heterocycles. The standard InChI is InChI=1S/C25H29ClFN3O2Si/c1-25(2,3)33(4,5)32-14-15-6-7-28-12-19(15)16-8-17-10-23(29-13-20(17)21(26)9-16)30-24(31)18-11-22(18)27/h6-10,12-13,18,22H,11,14H2,1-5H3,(H,29,30,31)/t18-,22+/m1/s1. The van der Waals surface area contributed by atoms with E-state index in [2.05, 4.69) is 49.1 Å². The molecule has 3 aromatic rings. The number of hydrogen-bond acceptors (Lipinski definition) is 4. The first-order valence-electron chi connectivity index (χ1n) is 11.1. The first-order valence-corrected chi connectivity index (χ1v) is 14.4. The number of carbonyl (C=O) groups excluding carboxylic acids is 1. The maximum Gasteiger partial charge on any atom is 0.231 e. The Morgan fingerprint density at radius 1 is 1.27 bits per heavy atom. The molecule has 0 aliphatic heterocycles. The monoisotopic (exact) mass is 485 g/mol. The number of nitrogens with zero attached hydrogens (tertiary/aromatic N) is 2. The Labute approximate surface area is 199 Å². The first-order chi connectivity index (χ1) is 15.5. The van der Waals surface area contributed by atoms with Crippen LogP contribution in [0, 0.1) is 5.92 Å². The third-order valence-electron chi connectivity index (χ3n) is 6.70. The molecule has 1 saturated carbocycles. The molecule has 1 N–H and O–H groups in total. The highest BCUT2D eigenvalue weighted by Crippen LogP contribution is 2.39. The summed E-state index contributed by atoms with van der Waals surface area (Å²) in [7, 11) is -1.92. The van der Waals surface area contributed by atoms with Crippen molar-refractivity contribution in [2.75, 3.05) is 5.32 Å². The quantitative estimate of drug-likeness (QED) is 0.391. The van der Waals surface area contributed by atoms with Gasteiger partial charge in [-0.05, 0) is 65.3 Å². The molecule has 8 heteroatoms. The summed E-state index contributed by atoms with van der Waals surface area (Å²) >= 11 is 6.59. The van der Waals surface area contributed by atoms with Crippen LogP contribution in [0.4, 0.5) is 10.2 Å². The highest BCUT2D eigenvalue weighted by atomic mass is 35.5. The molecular weight excluding hydrogens is 457 g/mol. The fourth-order valence-electron chi connectivity index (χ4n) is 3.38. The second kappa shape index (κ2) is 8.78. The van der Waals surface area contributed by atoms with Gasteiger partial charge in [0.2, 0.25) is 5.91 Å².